The molecule has 5 heteroatoms. The molecule has 0 aliphatic carbocycles. The zero-order valence-electron chi connectivity index (χ0n) is 7.49. The number of hydrogen-bond acceptors (Lipinski definition) is 2. The fourth-order valence-electron chi connectivity index (χ4n) is 1.35. The van der Waals surface area contributed by atoms with Gasteiger partial charge in [0, 0.05) is 15.9 Å². The van der Waals surface area contributed by atoms with E-state index in [1.54, 1.807) is 18.2 Å². The van der Waals surface area contributed by atoms with Gasteiger partial charge in [-0.05, 0) is 18.2 Å². The first-order valence-electron chi connectivity index (χ1n) is 4.16. The molecule has 4 nitrogen and oxygen atoms in total. The Labute approximate surface area is 93.3 Å². The molecule has 15 heavy (non-hydrogen) atoms. The van der Waals surface area contributed by atoms with Crippen molar-refractivity contribution in [2.24, 2.45) is 0 Å². The van der Waals surface area contributed by atoms with E-state index in [-0.39, 0.29) is 11.4 Å². The maximum Gasteiger partial charge on any atom is 0.379 e. The smallest absolute Gasteiger partial charge is 0.379 e. The number of carboxylic acids is 1. The van der Waals surface area contributed by atoms with Crippen LogP contribution in [0.4, 0.5) is 0 Å². The molecule has 3 N–H and O–H groups in total. The molecule has 76 valence electrons. The highest BCUT2D eigenvalue weighted by Gasteiger charge is 2.17. The number of fused-ring (bicyclic) bond motifs is 1. The lowest BCUT2D eigenvalue weighted by atomic mass is 10.1. The molecule has 0 bridgehead atoms. The van der Waals surface area contributed by atoms with E-state index in [4.69, 9.17) is 5.11 Å². The Morgan fingerprint density at radius 1 is 1.33 bits per heavy atom. The van der Waals surface area contributed by atoms with E-state index in [2.05, 4.69) is 20.9 Å². The molecule has 0 fully saturated rings. The summed E-state index contributed by atoms with van der Waals surface area (Å²) in [5.41, 5.74) is 0.543. The lowest BCUT2D eigenvalue weighted by molar-refractivity contribution is -0.363. The molecular formula is C10H7BrNO3+. The van der Waals surface area contributed by atoms with Gasteiger partial charge in [0.25, 0.3) is 0 Å². The summed E-state index contributed by atoms with van der Waals surface area (Å²) in [6.07, 6.45) is 0. The molecule has 0 atom stereocenters. The number of hydrogen-bond donors (Lipinski definition) is 2. The number of halogens is 1. The first kappa shape index (κ1) is 9.92. The van der Waals surface area contributed by atoms with Crippen LogP contribution < -0.4 is 4.98 Å². The number of aromatic nitrogens is 1. The Bertz CT molecular complexity index is 554. The van der Waals surface area contributed by atoms with Crippen molar-refractivity contribution in [3.63, 3.8) is 0 Å². The fourth-order valence-corrected chi connectivity index (χ4v) is 1.73. The van der Waals surface area contributed by atoms with Crippen molar-refractivity contribution in [2.75, 3.05) is 0 Å². The van der Waals surface area contributed by atoms with E-state index in [1.165, 1.54) is 6.07 Å². The largest absolute Gasteiger partial charge is 0.477 e. The molecule has 0 radical (unpaired) electrons. The van der Waals surface area contributed by atoms with E-state index in [9.17, 15) is 9.90 Å². The average Bonchev–Trinajstić information content (AvgIpc) is 2.17. The average molecular weight is 269 g/mol. The monoisotopic (exact) mass is 268 g/mol. The van der Waals surface area contributed by atoms with Crippen LogP contribution in [0.5, 0.6) is 5.88 Å². The van der Waals surface area contributed by atoms with E-state index in [0.29, 0.717) is 5.52 Å². The third-order valence-corrected chi connectivity index (χ3v) is 2.55. The van der Waals surface area contributed by atoms with E-state index in [1.807, 2.05) is 0 Å². The van der Waals surface area contributed by atoms with Gasteiger partial charge in [-0.1, -0.05) is 15.9 Å². The number of carbonyl (C=O) groups is 1. The van der Waals surface area contributed by atoms with E-state index >= 15 is 0 Å². The Kier molecular flexibility index (Phi) is 2.32. The van der Waals surface area contributed by atoms with E-state index in [0.717, 1.165) is 9.86 Å². The summed E-state index contributed by atoms with van der Waals surface area (Å²) < 4.78 is 0.852. The topological polar surface area (TPSA) is 71.7 Å². The Hall–Kier alpha value is -1.62. The minimum Gasteiger partial charge on any atom is -0.477 e. The number of rotatable bonds is 1. The van der Waals surface area contributed by atoms with Gasteiger partial charge in [0.2, 0.25) is 5.52 Å². The predicted octanol–water partition coefficient (Wildman–Crippen LogP) is 1.82. The zero-order chi connectivity index (χ0) is 11.0. The normalized spacial score (nSPS) is 10.5. The lowest BCUT2D eigenvalue weighted by Gasteiger charge is -1.97. The molecule has 1 aromatic carbocycles. The molecular weight excluding hydrogens is 262 g/mol. The fraction of sp³-hybridized carbons (Fsp3) is 0. The van der Waals surface area contributed by atoms with Crippen LogP contribution in [0.15, 0.2) is 28.7 Å². The van der Waals surface area contributed by atoms with Crippen LogP contribution in [-0.4, -0.2) is 16.2 Å². The molecule has 0 spiro atoms. The van der Waals surface area contributed by atoms with Crippen molar-refractivity contribution < 1.29 is 20.0 Å². The summed E-state index contributed by atoms with van der Waals surface area (Å²) in [7, 11) is 0. The molecule has 0 aliphatic heterocycles. The number of H-pyrrole nitrogens is 1. The number of pyridine rings is 1. The minimum atomic E-state index is -1.16. The summed E-state index contributed by atoms with van der Waals surface area (Å²) in [6, 6.07) is 6.76. The zero-order valence-corrected chi connectivity index (χ0v) is 9.08. The molecule has 2 rings (SSSR count). The quantitative estimate of drug-likeness (QED) is 0.829. The third-order valence-electron chi connectivity index (χ3n) is 2.05. The second-order valence-electron chi connectivity index (χ2n) is 3.07. The molecule has 2 aromatic rings. The number of nitrogens with one attached hydrogen (secondary N) is 1. The highest BCUT2D eigenvalue weighted by Crippen LogP contribution is 2.21. The van der Waals surface area contributed by atoms with Crippen molar-refractivity contribution in [2.45, 2.75) is 0 Å². The SMILES string of the molecule is O=C(O)c1cc2cc(Br)ccc2[nH+]c1O. The Morgan fingerprint density at radius 2 is 2.07 bits per heavy atom. The maximum atomic E-state index is 10.8. The highest BCUT2D eigenvalue weighted by atomic mass is 79.9. The maximum absolute atomic E-state index is 10.8. The number of carboxylic acid groups (broad SMARTS) is 1. The molecule has 0 amide bonds. The molecule has 0 unspecified atom stereocenters. The van der Waals surface area contributed by atoms with Crippen LogP contribution in [0.25, 0.3) is 10.9 Å². The second kappa shape index (κ2) is 3.51. The first-order chi connectivity index (χ1) is 7.08. The lowest BCUT2D eigenvalue weighted by Crippen LogP contribution is -2.10. The van der Waals surface area contributed by atoms with Crippen molar-refractivity contribution in [3.8, 4) is 5.88 Å². The van der Waals surface area contributed by atoms with Gasteiger partial charge in [-0.25, -0.2) is 4.79 Å². The van der Waals surface area contributed by atoms with Gasteiger partial charge in [-0.2, -0.15) is 4.98 Å². The number of aromatic hydroxyl groups is 1. The van der Waals surface area contributed by atoms with Gasteiger partial charge in [0.05, 0.1) is 0 Å². The van der Waals surface area contributed by atoms with Gasteiger partial charge in [-0.3, -0.25) is 0 Å². The number of aromatic carboxylic acids is 1. The van der Waals surface area contributed by atoms with E-state index < -0.39 is 5.97 Å². The van der Waals surface area contributed by atoms with Gasteiger partial charge in [-0.15, -0.1) is 0 Å². The molecule has 0 aliphatic rings. The minimum absolute atomic E-state index is 0.138. The summed E-state index contributed by atoms with van der Waals surface area (Å²) in [4.78, 5) is 13.4. The Morgan fingerprint density at radius 3 is 2.73 bits per heavy atom. The predicted molar refractivity (Wildman–Crippen MR) is 56.8 cm³/mol. The van der Waals surface area contributed by atoms with Crippen molar-refractivity contribution in [3.05, 3.63) is 34.3 Å². The van der Waals surface area contributed by atoms with Crippen molar-refractivity contribution in [1.29, 1.82) is 0 Å². The summed E-state index contributed by atoms with van der Waals surface area (Å²) in [5.74, 6) is -1.50. The van der Waals surface area contributed by atoms with Crippen LogP contribution >= 0.6 is 15.9 Å². The van der Waals surface area contributed by atoms with Gasteiger partial charge in [0.15, 0.2) is 5.56 Å². The summed E-state index contributed by atoms with van der Waals surface area (Å²) >= 11 is 3.29. The van der Waals surface area contributed by atoms with Crippen LogP contribution in [0, 0.1) is 0 Å². The Balaban J connectivity index is 2.77. The molecule has 1 heterocycles. The van der Waals surface area contributed by atoms with Crippen LogP contribution in [0.3, 0.4) is 0 Å². The number of benzene rings is 1. The van der Waals surface area contributed by atoms with Crippen LogP contribution in [-0.2, 0) is 0 Å². The van der Waals surface area contributed by atoms with Crippen LogP contribution in [0.1, 0.15) is 10.4 Å². The molecule has 0 saturated heterocycles. The van der Waals surface area contributed by atoms with Crippen molar-refractivity contribution >= 4 is 32.8 Å². The second-order valence-corrected chi connectivity index (χ2v) is 3.98. The molecule has 0 saturated carbocycles. The molecule has 1 aromatic heterocycles. The van der Waals surface area contributed by atoms with Crippen molar-refractivity contribution in [1.82, 2.24) is 0 Å². The standard InChI is InChI=1S/C10H6BrNO3/c11-6-1-2-8-5(3-6)4-7(10(14)15)9(13)12-8/h1-4H,(H,12,13)(H,14,15)/p+1. The number of aromatic amines is 1. The van der Waals surface area contributed by atoms with Gasteiger partial charge >= 0.3 is 11.8 Å². The summed E-state index contributed by atoms with van der Waals surface area (Å²) in [5, 5.41) is 18.9. The van der Waals surface area contributed by atoms with Gasteiger partial charge < -0.3 is 10.2 Å². The van der Waals surface area contributed by atoms with Gasteiger partial charge in [0.1, 0.15) is 0 Å². The first-order valence-corrected chi connectivity index (χ1v) is 4.95. The third kappa shape index (κ3) is 1.78. The summed E-state index contributed by atoms with van der Waals surface area (Å²) in [6.45, 7) is 0. The van der Waals surface area contributed by atoms with Crippen LogP contribution in [0.2, 0.25) is 0 Å². The highest BCUT2D eigenvalue weighted by molar-refractivity contribution is 9.10.